The van der Waals surface area contributed by atoms with Crippen LogP contribution in [-0.2, 0) is 6.42 Å². The first-order chi connectivity index (χ1) is 8.26. The van der Waals surface area contributed by atoms with Crippen LogP contribution >= 0.6 is 0 Å². The van der Waals surface area contributed by atoms with Crippen LogP contribution in [0.2, 0.25) is 0 Å². The van der Waals surface area contributed by atoms with Gasteiger partial charge in [0.1, 0.15) is 5.75 Å². The summed E-state index contributed by atoms with van der Waals surface area (Å²) >= 11 is 0. The van der Waals surface area contributed by atoms with Gasteiger partial charge in [0.15, 0.2) is 0 Å². The molecule has 0 bridgehead atoms. The van der Waals surface area contributed by atoms with Gasteiger partial charge < -0.3 is 10.1 Å². The van der Waals surface area contributed by atoms with Gasteiger partial charge in [0, 0.05) is 24.1 Å². The number of hydrogen-bond acceptors (Lipinski definition) is 2. The molecule has 1 saturated carbocycles. The van der Waals surface area contributed by atoms with Crippen LogP contribution in [0.25, 0.3) is 0 Å². The molecule has 2 atom stereocenters. The number of fused-ring (bicyclic) bond motifs is 1. The molecule has 17 heavy (non-hydrogen) atoms. The minimum absolute atomic E-state index is 0.325. The largest absolute Gasteiger partial charge is 0.490 e. The van der Waals surface area contributed by atoms with Crippen LogP contribution in [0.5, 0.6) is 5.75 Å². The maximum atomic E-state index is 5.92. The van der Waals surface area contributed by atoms with Gasteiger partial charge in [-0.15, -0.1) is 0 Å². The molecule has 3 rings (SSSR count). The zero-order valence-corrected chi connectivity index (χ0v) is 10.7. The average Bonchev–Trinajstić information content (AvgIpc) is 3.12. The molecule has 0 radical (unpaired) electrons. The lowest BCUT2D eigenvalue weighted by molar-refractivity contribution is 0.166. The van der Waals surface area contributed by atoms with Crippen LogP contribution < -0.4 is 10.1 Å². The maximum Gasteiger partial charge on any atom is 0.124 e. The van der Waals surface area contributed by atoms with Crippen molar-refractivity contribution in [2.45, 2.75) is 57.7 Å². The molecule has 92 valence electrons. The van der Waals surface area contributed by atoms with Crippen LogP contribution in [0, 0.1) is 0 Å². The second kappa shape index (κ2) is 4.34. The van der Waals surface area contributed by atoms with Crippen molar-refractivity contribution in [3.63, 3.8) is 0 Å². The van der Waals surface area contributed by atoms with Crippen LogP contribution in [0.1, 0.15) is 50.3 Å². The van der Waals surface area contributed by atoms with Crippen molar-refractivity contribution in [3.05, 3.63) is 29.3 Å². The van der Waals surface area contributed by atoms with E-state index in [1.54, 1.807) is 0 Å². The Morgan fingerprint density at radius 1 is 1.35 bits per heavy atom. The van der Waals surface area contributed by atoms with Crippen molar-refractivity contribution in [2.75, 3.05) is 0 Å². The summed E-state index contributed by atoms with van der Waals surface area (Å²) in [5.74, 6) is 1.08. The van der Waals surface area contributed by atoms with Crippen molar-refractivity contribution in [1.82, 2.24) is 5.32 Å². The van der Waals surface area contributed by atoms with Gasteiger partial charge in [-0.05, 0) is 37.8 Å². The quantitative estimate of drug-likeness (QED) is 0.862. The normalized spacial score (nSPS) is 27.4. The lowest BCUT2D eigenvalue weighted by Gasteiger charge is -2.31. The number of nitrogens with one attached hydrogen (secondary N) is 1. The Hall–Kier alpha value is -1.02. The third kappa shape index (κ3) is 2.32. The molecule has 1 aliphatic heterocycles. The summed E-state index contributed by atoms with van der Waals surface area (Å²) in [4.78, 5) is 0. The summed E-state index contributed by atoms with van der Waals surface area (Å²) in [6.45, 7) is 4.37. The lowest BCUT2D eigenvalue weighted by atomic mass is 9.94. The number of aryl methyl sites for hydroxylation is 1. The Morgan fingerprint density at radius 3 is 2.88 bits per heavy atom. The zero-order chi connectivity index (χ0) is 11.8. The Labute approximate surface area is 103 Å². The van der Waals surface area contributed by atoms with Crippen molar-refractivity contribution < 1.29 is 4.74 Å². The molecule has 2 unspecified atom stereocenters. The van der Waals surface area contributed by atoms with Gasteiger partial charge in [-0.3, -0.25) is 0 Å². The first kappa shape index (κ1) is 11.1. The van der Waals surface area contributed by atoms with Gasteiger partial charge in [0.05, 0.1) is 6.10 Å². The molecule has 1 N–H and O–H groups in total. The molecule has 1 aromatic carbocycles. The van der Waals surface area contributed by atoms with Gasteiger partial charge in [-0.2, -0.15) is 0 Å². The molecule has 1 aromatic rings. The number of ether oxygens (including phenoxy) is 1. The lowest BCUT2D eigenvalue weighted by Crippen LogP contribution is -2.32. The summed E-state index contributed by atoms with van der Waals surface area (Å²) in [5, 5.41) is 3.75. The van der Waals surface area contributed by atoms with E-state index in [9.17, 15) is 0 Å². The molecular formula is C15H21NO. The topological polar surface area (TPSA) is 21.3 Å². The molecule has 1 fully saturated rings. The van der Waals surface area contributed by atoms with E-state index in [4.69, 9.17) is 4.74 Å². The van der Waals surface area contributed by atoms with E-state index in [0.717, 1.165) is 24.6 Å². The molecule has 2 heteroatoms. The molecule has 0 amide bonds. The number of rotatable bonds is 3. The number of benzene rings is 1. The Bertz CT molecular complexity index is 411. The highest BCUT2D eigenvalue weighted by Crippen LogP contribution is 2.37. The summed E-state index contributed by atoms with van der Waals surface area (Å²) in [6, 6.07) is 7.90. The first-order valence-corrected chi connectivity index (χ1v) is 6.81. The molecule has 2 nitrogen and oxygen atoms in total. The number of hydrogen-bond donors (Lipinski definition) is 1. The highest BCUT2D eigenvalue weighted by molar-refractivity contribution is 5.41. The van der Waals surface area contributed by atoms with E-state index < -0.39 is 0 Å². The second-order valence-electron chi connectivity index (χ2n) is 5.38. The van der Waals surface area contributed by atoms with Gasteiger partial charge in [-0.25, -0.2) is 0 Å². The van der Waals surface area contributed by atoms with Gasteiger partial charge in [-0.1, -0.05) is 19.1 Å². The van der Waals surface area contributed by atoms with Crippen molar-refractivity contribution >= 4 is 0 Å². The molecular weight excluding hydrogens is 210 g/mol. The second-order valence-corrected chi connectivity index (χ2v) is 5.38. The fourth-order valence-corrected chi connectivity index (χ4v) is 2.61. The fourth-order valence-electron chi connectivity index (χ4n) is 2.61. The summed E-state index contributed by atoms with van der Waals surface area (Å²) in [7, 11) is 0. The Kier molecular flexibility index (Phi) is 2.83. The minimum atomic E-state index is 0.325. The van der Waals surface area contributed by atoms with Crippen LogP contribution in [0.3, 0.4) is 0 Å². The molecule has 1 aliphatic carbocycles. The van der Waals surface area contributed by atoms with E-state index >= 15 is 0 Å². The molecule has 0 saturated heterocycles. The summed E-state index contributed by atoms with van der Waals surface area (Å²) < 4.78 is 5.92. The van der Waals surface area contributed by atoms with Crippen molar-refractivity contribution in [1.29, 1.82) is 0 Å². The standard InChI is InChI=1S/C15H21NO/c1-3-11-4-7-15-13(9-11)14(8-10(2)17-15)16-12-5-6-12/h4,7,9-10,12,14,16H,3,5-6,8H2,1-2H3. The third-order valence-corrected chi connectivity index (χ3v) is 3.77. The monoisotopic (exact) mass is 231 g/mol. The smallest absolute Gasteiger partial charge is 0.124 e. The molecule has 2 aliphatic rings. The van der Waals surface area contributed by atoms with Gasteiger partial charge >= 0.3 is 0 Å². The van der Waals surface area contributed by atoms with E-state index in [2.05, 4.69) is 37.4 Å². The molecule has 0 spiro atoms. The van der Waals surface area contributed by atoms with Crippen molar-refractivity contribution in [3.8, 4) is 5.75 Å². The highest BCUT2D eigenvalue weighted by atomic mass is 16.5. The van der Waals surface area contributed by atoms with Gasteiger partial charge in [0.25, 0.3) is 0 Å². The fraction of sp³-hybridized carbons (Fsp3) is 0.600. The molecule has 1 heterocycles. The SMILES string of the molecule is CCc1ccc2c(c1)C(NC1CC1)CC(C)O2. The average molecular weight is 231 g/mol. The zero-order valence-electron chi connectivity index (χ0n) is 10.7. The molecule has 0 aromatic heterocycles. The van der Waals surface area contributed by atoms with Crippen LogP contribution in [0.15, 0.2) is 18.2 Å². The van der Waals surface area contributed by atoms with E-state index in [1.165, 1.54) is 24.0 Å². The van der Waals surface area contributed by atoms with E-state index in [-0.39, 0.29) is 0 Å². The maximum absolute atomic E-state index is 5.92. The summed E-state index contributed by atoms with van der Waals surface area (Å²) in [5.41, 5.74) is 2.78. The van der Waals surface area contributed by atoms with Gasteiger partial charge in [0.2, 0.25) is 0 Å². The van der Waals surface area contributed by atoms with Crippen LogP contribution in [-0.4, -0.2) is 12.1 Å². The first-order valence-electron chi connectivity index (χ1n) is 6.81. The van der Waals surface area contributed by atoms with E-state index in [1.807, 2.05) is 0 Å². The highest BCUT2D eigenvalue weighted by Gasteiger charge is 2.31. The predicted octanol–water partition coefficient (Wildman–Crippen LogP) is 3.21. The Balaban J connectivity index is 1.90. The Morgan fingerprint density at radius 2 is 2.18 bits per heavy atom. The summed E-state index contributed by atoms with van der Waals surface area (Å²) in [6.07, 6.45) is 5.20. The third-order valence-electron chi connectivity index (χ3n) is 3.77. The van der Waals surface area contributed by atoms with Crippen LogP contribution in [0.4, 0.5) is 0 Å². The van der Waals surface area contributed by atoms with Crippen molar-refractivity contribution in [2.24, 2.45) is 0 Å². The minimum Gasteiger partial charge on any atom is -0.490 e. The predicted molar refractivity (Wildman–Crippen MR) is 69.4 cm³/mol. The van der Waals surface area contributed by atoms with E-state index in [0.29, 0.717) is 12.1 Å².